The van der Waals surface area contributed by atoms with Gasteiger partial charge in [0.15, 0.2) is 11.6 Å². The van der Waals surface area contributed by atoms with Crippen molar-refractivity contribution in [2.75, 3.05) is 7.11 Å². The molecule has 0 radical (unpaired) electrons. The molecule has 2 aromatic carbocycles. The fourth-order valence-corrected chi connectivity index (χ4v) is 5.62. The van der Waals surface area contributed by atoms with Crippen molar-refractivity contribution in [2.45, 2.75) is 39.0 Å². The highest BCUT2D eigenvalue weighted by molar-refractivity contribution is 5.93. The zero-order valence-corrected chi connectivity index (χ0v) is 22.9. The lowest BCUT2D eigenvalue weighted by Crippen LogP contribution is -2.47. The van der Waals surface area contributed by atoms with Crippen LogP contribution in [0.3, 0.4) is 0 Å². The maximum atomic E-state index is 14.5. The molecule has 0 aliphatic carbocycles. The second-order valence-electron chi connectivity index (χ2n) is 9.94. The number of nitro benzene ring substituents is 1. The summed E-state index contributed by atoms with van der Waals surface area (Å²) in [6, 6.07) is 7.05. The molecule has 12 nitrogen and oxygen atoms in total. The van der Waals surface area contributed by atoms with Crippen LogP contribution < -0.4 is 15.0 Å². The lowest BCUT2D eigenvalue weighted by Gasteiger charge is -2.35. The molecule has 0 unspecified atom stereocenters. The summed E-state index contributed by atoms with van der Waals surface area (Å²) in [6.45, 7) is 2.89. The van der Waals surface area contributed by atoms with E-state index in [4.69, 9.17) is 18.9 Å². The first kappa shape index (κ1) is 27.8. The maximum Gasteiger partial charge on any atom is 0.515 e. The van der Waals surface area contributed by atoms with Gasteiger partial charge in [-0.05, 0) is 37.1 Å². The highest BCUT2D eigenvalue weighted by Crippen LogP contribution is 2.43. The molecule has 0 amide bonds. The number of carbonyl (C=O) groups excluding carboxylic acids is 2. The van der Waals surface area contributed by atoms with E-state index in [1.807, 2.05) is 0 Å². The summed E-state index contributed by atoms with van der Waals surface area (Å²) in [6.07, 6.45) is -1.46. The van der Waals surface area contributed by atoms with Gasteiger partial charge in [0.1, 0.15) is 12.4 Å². The van der Waals surface area contributed by atoms with E-state index in [1.165, 1.54) is 29.9 Å². The van der Waals surface area contributed by atoms with E-state index >= 15 is 0 Å². The van der Waals surface area contributed by atoms with Crippen molar-refractivity contribution in [3.05, 3.63) is 90.8 Å². The Bertz CT molecular complexity index is 1960. The van der Waals surface area contributed by atoms with E-state index in [2.05, 4.69) is 4.98 Å². The summed E-state index contributed by atoms with van der Waals surface area (Å²) in [5.41, 5.74) is -0.955. The van der Waals surface area contributed by atoms with Gasteiger partial charge >= 0.3 is 12.1 Å². The zero-order valence-electron chi connectivity index (χ0n) is 22.9. The van der Waals surface area contributed by atoms with Crippen LogP contribution in [-0.2, 0) is 33.0 Å². The summed E-state index contributed by atoms with van der Waals surface area (Å²) in [7, 11) is 1.21. The molecule has 2 aliphatic heterocycles. The lowest BCUT2D eigenvalue weighted by molar-refractivity contribution is -0.384. The summed E-state index contributed by atoms with van der Waals surface area (Å²) >= 11 is 0. The molecule has 1 atom stereocenters. The molecule has 0 spiro atoms. The first-order valence-electron chi connectivity index (χ1n) is 13.0. The van der Waals surface area contributed by atoms with Gasteiger partial charge in [-0.15, -0.1) is 0 Å². The van der Waals surface area contributed by atoms with Crippen LogP contribution in [-0.4, -0.2) is 33.7 Å². The fourth-order valence-electron chi connectivity index (χ4n) is 5.62. The number of nitro groups is 1. The van der Waals surface area contributed by atoms with Crippen molar-refractivity contribution in [3.63, 3.8) is 0 Å². The minimum atomic E-state index is -2.08. The quantitative estimate of drug-likeness (QED) is 0.120. The number of halogens is 2. The van der Waals surface area contributed by atoms with Crippen LogP contribution >= 0.6 is 0 Å². The lowest BCUT2D eigenvalue weighted by atomic mass is 9.85. The molecule has 2 aromatic heterocycles. The number of methoxy groups -OCH3 is 1. The number of aryl methyl sites for hydroxylation is 1. The normalized spacial score (nSPS) is 16.6. The molecule has 0 saturated heterocycles. The van der Waals surface area contributed by atoms with Gasteiger partial charge in [-0.1, -0.05) is 6.92 Å². The van der Waals surface area contributed by atoms with Crippen LogP contribution in [0.15, 0.2) is 41.2 Å². The molecule has 0 N–H and O–H groups in total. The van der Waals surface area contributed by atoms with E-state index in [-0.39, 0.29) is 64.5 Å². The third-order valence-electron chi connectivity index (χ3n) is 7.78. The average Bonchev–Trinajstić information content (AvgIpc) is 3.35. The predicted molar refractivity (Wildman–Crippen MR) is 144 cm³/mol. The maximum absolute atomic E-state index is 14.5. The van der Waals surface area contributed by atoms with Crippen LogP contribution in [0, 0.1) is 28.7 Å². The van der Waals surface area contributed by atoms with Gasteiger partial charge < -0.3 is 23.5 Å². The van der Waals surface area contributed by atoms with Crippen molar-refractivity contribution < 1.29 is 42.2 Å². The second-order valence-corrected chi connectivity index (χ2v) is 9.94. The summed E-state index contributed by atoms with van der Waals surface area (Å²) in [5, 5.41) is 11.2. The van der Waals surface area contributed by atoms with E-state index < -0.39 is 39.8 Å². The molecule has 4 heterocycles. The van der Waals surface area contributed by atoms with E-state index in [9.17, 15) is 33.3 Å². The number of ether oxygens (including phenoxy) is 4. The van der Waals surface area contributed by atoms with Crippen LogP contribution in [0.2, 0.25) is 0 Å². The first-order valence-corrected chi connectivity index (χ1v) is 13.0. The number of nitrogens with zero attached hydrogens (tertiary/aromatic N) is 3. The molecular formula is C29H21F2N3O9. The zero-order chi connectivity index (χ0) is 30.8. The molecule has 0 saturated carbocycles. The molecule has 43 heavy (non-hydrogen) atoms. The molecular weight excluding hydrogens is 572 g/mol. The largest absolute Gasteiger partial charge is 0.515 e. The minimum absolute atomic E-state index is 0.0455. The topological polar surface area (TPSA) is 149 Å². The highest BCUT2D eigenvalue weighted by Gasteiger charge is 2.51. The van der Waals surface area contributed by atoms with Gasteiger partial charge in [0.2, 0.25) is 11.4 Å². The van der Waals surface area contributed by atoms with Gasteiger partial charge in [-0.25, -0.2) is 19.0 Å². The highest BCUT2D eigenvalue weighted by atomic mass is 19.2. The average molecular weight is 593 g/mol. The van der Waals surface area contributed by atoms with Gasteiger partial charge in [0, 0.05) is 34.7 Å². The Hall–Kier alpha value is -5.40. The second kappa shape index (κ2) is 9.86. The first-order chi connectivity index (χ1) is 20.5. The molecule has 0 fully saturated rings. The van der Waals surface area contributed by atoms with Gasteiger partial charge in [0.05, 0.1) is 41.0 Å². The standard InChI is InChI=1S/C29H21F2N3O9/c1-4-29(43-28(37)42-15-7-5-14(6-8-15)34(38)39)18-9-21-24-16(11-33(21)26(35)17(18)12-41-27(29)36)13(2)22-20(32-24)10-19(30)23(31)25(22)40-3/h5-10H,4,11-12H2,1-3H3/t29-/m0/s1. The number of aromatic nitrogens is 2. The van der Waals surface area contributed by atoms with Gasteiger partial charge in [-0.3, -0.25) is 14.9 Å². The van der Waals surface area contributed by atoms with E-state index in [1.54, 1.807) is 13.8 Å². The summed E-state index contributed by atoms with van der Waals surface area (Å²) in [5.74, 6) is -3.65. The molecule has 0 bridgehead atoms. The van der Waals surface area contributed by atoms with Crippen LogP contribution in [0.1, 0.15) is 35.6 Å². The number of rotatable bonds is 5. The predicted octanol–water partition coefficient (Wildman–Crippen LogP) is 4.81. The fraction of sp³-hybridized carbons (Fsp3) is 0.241. The Balaban J connectivity index is 1.46. The number of pyridine rings is 2. The number of esters is 1. The monoisotopic (exact) mass is 593 g/mol. The van der Waals surface area contributed by atoms with Crippen molar-refractivity contribution in [2.24, 2.45) is 0 Å². The van der Waals surface area contributed by atoms with Crippen molar-refractivity contribution in [1.82, 2.24) is 9.55 Å². The Morgan fingerprint density at radius 3 is 2.56 bits per heavy atom. The van der Waals surface area contributed by atoms with Crippen LogP contribution in [0.4, 0.5) is 19.3 Å². The van der Waals surface area contributed by atoms with Crippen molar-refractivity contribution in [1.29, 1.82) is 0 Å². The molecule has 2 aliphatic rings. The SMILES string of the molecule is CC[C@@]1(OC(=O)Oc2ccc([N+](=O)[O-])cc2)C(=O)OCc2c1cc1n(c2=O)Cc2c-1nc1cc(F)c(F)c(OC)c1c2C. The smallest absolute Gasteiger partial charge is 0.493 e. The Labute approximate surface area is 240 Å². The number of hydrogen-bond acceptors (Lipinski definition) is 10. The molecule has 220 valence electrons. The number of benzene rings is 2. The molecule has 14 heteroatoms. The number of non-ortho nitro benzene ring substituents is 1. The third kappa shape index (κ3) is 4.08. The Morgan fingerprint density at radius 1 is 1.19 bits per heavy atom. The molecule has 6 rings (SSSR count). The van der Waals surface area contributed by atoms with E-state index in [0.29, 0.717) is 16.8 Å². The van der Waals surface area contributed by atoms with Crippen LogP contribution in [0.5, 0.6) is 11.5 Å². The minimum Gasteiger partial charge on any atom is -0.493 e. The van der Waals surface area contributed by atoms with E-state index in [0.717, 1.165) is 18.2 Å². The van der Waals surface area contributed by atoms with Crippen molar-refractivity contribution >= 4 is 28.7 Å². The third-order valence-corrected chi connectivity index (χ3v) is 7.78. The summed E-state index contributed by atoms with van der Waals surface area (Å²) < 4.78 is 51.5. The van der Waals surface area contributed by atoms with Gasteiger partial charge in [0.25, 0.3) is 11.2 Å². The number of cyclic esters (lactones) is 1. The number of fused-ring (bicyclic) bond motifs is 5. The van der Waals surface area contributed by atoms with Gasteiger partial charge in [-0.2, -0.15) is 4.39 Å². The number of carbonyl (C=O) groups is 2. The van der Waals surface area contributed by atoms with Crippen LogP contribution in [0.25, 0.3) is 22.3 Å². The Morgan fingerprint density at radius 2 is 1.91 bits per heavy atom. The Kier molecular flexibility index (Phi) is 6.36. The summed E-state index contributed by atoms with van der Waals surface area (Å²) in [4.78, 5) is 54.7. The molecule has 4 aromatic rings. The number of hydrogen-bond donors (Lipinski definition) is 0. The van der Waals surface area contributed by atoms with Crippen molar-refractivity contribution in [3.8, 4) is 22.9 Å².